The summed E-state index contributed by atoms with van der Waals surface area (Å²) in [6.07, 6.45) is 7.37. The van der Waals surface area contributed by atoms with Gasteiger partial charge in [0.15, 0.2) is 0 Å². The monoisotopic (exact) mass is 310 g/mol. The maximum Gasteiger partial charge on any atom is 0.249 e. The molecule has 2 fully saturated rings. The van der Waals surface area contributed by atoms with Crippen LogP contribution in [0, 0.1) is 0 Å². The summed E-state index contributed by atoms with van der Waals surface area (Å²) in [5.41, 5.74) is -0.607. The molecule has 1 atom stereocenters. The van der Waals surface area contributed by atoms with Crippen molar-refractivity contribution >= 4 is 23.6 Å². The average molecular weight is 310 g/mol. The van der Waals surface area contributed by atoms with Crippen molar-refractivity contribution in [3.05, 3.63) is 12.7 Å². The molecule has 0 radical (unpaired) electrons. The molecule has 21 heavy (non-hydrogen) atoms. The molecule has 1 saturated carbocycles. The SMILES string of the molecule is C=CCSCCN1C(=O)C2(CCCCC2)NC(=O)C1CC. The average Bonchev–Trinajstić information content (AvgIpc) is 2.49. The lowest BCUT2D eigenvalue weighted by molar-refractivity contribution is -0.156. The Morgan fingerprint density at radius 1 is 1.38 bits per heavy atom. The molecule has 0 aromatic rings. The van der Waals surface area contributed by atoms with Crippen LogP contribution < -0.4 is 5.32 Å². The summed E-state index contributed by atoms with van der Waals surface area (Å²) in [5.74, 6) is 1.92. The molecule has 118 valence electrons. The summed E-state index contributed by atoms with van der Waals surface area (Å²) in [6, 6.07) is -0.297. The van der Waals surface area contributed by atoms with E-state index >= 15 is 0 Å². The number of carbonyl (C=O) groups is 2. The first-order chi connectivity index (χ1) is 10.1. The Labute approximate surface area is 131 Å². The zero-order valence-corrected chi connectivity index (χ0v) is 13.7. The van der Waals surface area contributed by atoms with Crippen molar-refractivity contribution in [3.8, 4) is 0 Å². The fourth-order valence-electron chi connectivity index (χ4n) is 3.42. The van der Waals surface area contributed by atoms with Gasteiger partial charge in [-0.15, -0.1) is 6.58 Å². The molecule has 1 unspecified atom stereocenters. The van der Waals surface area contributed by atoms with Gasteiger partial charge in [0.1, 0.15) is 11.6 Å². The molecule has 0 aromatic carbocycles. The van der Waals surface area contributed by atoms with Crippen LogP contribution in [-0.4, -0.2) is 46.3 Å². The minimum Gasteiger partial charge on any atom is -0.340 e. The first kappa shape index (κ1) is 16.4. The highest BCUT2D eigenvalue weighted by Gasteiger charge is 2.50. The minimum atomic E-state index is -0.607. The standard InChI is InChI=1S/C16H26N2O2S/c1-3-11-21-12-10-18-13(4-2)14(19)17-16(15(18)20)8-6-5-7-9-16/h3,13H,1,4-12H2,2H3,(H,17,19). The fourth-order valence-corrected chi connectivity index (χ4v) is 4.08. The molecule has 4 nitrogen and oxygen atoms in total. The molecule has 5 heteroatoms. The van der Waals surface area contributed by atoms with Crippen molar-refractivity contribution < 1.29 is 9.59 Å². The van der Waals surface area contributed by atoms with Gasteiger partial charge in [-0.25, -0.2) is 0 Å². The van der Waals surface area contributed by atoms with Crippen molar-refractivity contribution in [1.82, 2.24) is 10.2 Å². The molecular weight excluding hydrogens is 284 g/mol. The zero-order chi connectivity index (χ0) is 15.3. The van der Waals surface area contributed by atoms with Crippen molar-refractivity contribution in [3.63, 3.8) is 0 Å². The van der Waals surface area contributed by atoms with Gasteiger partial charge in [0.25, 0.3) is 0 Å². The molecule has 2 amide bonds. The Bertz CT molecular complexity index is 405. The lowest BCUT2D eigenvalue weighted by Gasteiger charge is -2.47. The second kappa shape index (κ2) is 7.34. The van der Waals surface area contributed by atoms with E-state index in [4.69, 9.17) is 0 Å². The van der Waals surface area contributed by atoms with Crippen LogP contribution >= 0.6 is 11.8 Å². The summed E-state index contributed by atoms with van der Waals surface area (Å²) in [6.45, 7) is 6.34. The Hall–Kier alpha value is -0.970. The van der Waals surface area contributed by atoms with Crippen LogP contribution in [0.2, 0.25) is 0 Å². The molecule has 0 aromatic heterocycles. The van der Waals surface area contributed by atoms with E-state index in [-0.39, 0.29) is 17.9 Å². The highest BCUT2D eigenvalue weighted by atomic mass is 32.2. The topological polar surface area (TPSA) is 49.4 Å². The Morgan fingerprint density at radius 2 is 2.10 bits per heavy atom. The smallest absolute Gasteiger partial charge is 0.249 e. The molecule has 1 aliphatic carbocycles. The predicted octanol–water partition coefficient (Wildman–Crippen LogP) is 2.35. The van der Waals surface area contributed by atoms with Crippen molar-refractivity contribution in [2.75, 3.05) is 18.1 Å². The third-order valence-electron chi connectivity index (χ3n) is 4.52. The Balaban J connectivity index is 2.10. The van der Waals surface area contributed by atoms with Crippen LogP contribution in [0.25, 0.3) is 0 Å². The summed E-state index contributed by atoms with van der Waals surface area (Å²) in [7, 11) is 0. The predicted molar refractivity (Wildman–Crippen MR) is 87.3 cm³/mol. The molecule has 0 bridgehead atoms. The number of piperazine rings is 1. The van der Waals surface area contributed by atoms with E-state index in [9.17, 15) is 9.59 Å². The summed E-state index contributed by atoms with van der Waals surface area (Å²) in [4.78, 5) is 27.2. The van der Waals surface area contributed by atoms with Gasteiger partial charge in [-0.05, 0) is 19.3 Å². The van der Waals surface area contributed by atoms with Crippen molar-refractivity contribution in [1.29, 1.82) is 0 Å². The zero-order valence-electron chi connectivity index (χ0n) is 12.9. The van der Waals surface area contributed by atoms with Crippen LogP contribution in [0.3, 0.4) is 0 Å². The van der Waals surface area contributed by atoms with E-state index < -0.39 is 5.54 Å². The summed E-state index contributed by atoms with van der Waals surface area (Å²) < 4.78 is 0. The number of hydrogen-bond acceptors (Lipinski definition) is 3. The molecule has 1 spiro atoms. The number of nitrogens with zero attached hydrogens (tertiary/aromatic N) is 1. The van der Waals surface area contributed by atoms with Crippen LogP contribution in [0.15, 0.2) is 12.7 Å². The van der Waals surface area contributed by atoms with Crippen LogP contribution in [0.1, 0.15) is 45.4 Å². The molecule has 1 saturated heterocycles. The van der Waals surface area contributed by atoms with Gasteiger partial charge in [-0.1, -0.05) is 32.3 Å². The molecule has 2 rings (SSSR count). The molecular formula is C16H26N2O2S. The van der Waals surface area contributed by atoms with Gasteiger partial charge in [0, 0.05) is 18.1 Å². The number of rotatable bonds is 6. The highest BCUT2D eigenvalue weighted by molar-refractivity contribution is 7.99. The van der Waals surface area contributed by atoms with Gasteiger partial charge in [-0.3, -0.25) is 9.59 Å². The fraction of sp³-hybridized carbons (Fsp3) is 0.750. The first-order valence-corrected chi connectivity index (χ1v) is 9.12. The molecule has 2 aliphatic rings. The largest absolute Gasteiger partial charge is 0.340 e. The normalized spacial score (nSPS) is 25.0. The van der Waals surface area contributed by atoms with Crippen LogP contribution in [0.4, 0.5) is 0 Å². The third-order valence-corrected chi connectivity index (χ3v) is 5.46. The van der Waals surface area contributed by atoms with Gasteiger partial charge in [-0.2, -0.15) is 11.8 Å². The Kier molecular flexibility index (Phi) is 5.73. The van der Waals surface area contributed by atoms with E-state index in [1.807, 2.05) is 17.9 Å². The van der Waals surface area contributed by atoms with Crippen molar-refractivity contribution in [2.24, 2.45) is 0 Å². The third kappa shape index (κ3) is 3.44. The van der Waals surface area contributed by atoms with Crippen LogP contribution in [-0.2, 0) is 9.59 Å². The quantitative estimate of drug-likeness (QED) is 0.605. The summed E-state index contributed by atoms with van der Waals surface area (Å²) >= 11 is 1.75. The number of amides is 2. The summed E-state index contributed by atoms with van der Waals surface area (Å²) in [5, 5.41) is 3.06. The van der Waals surface area contributed by atoms with Gasteiger partial charge in [0.05, 0.1) is 0 Å². The lowest BCUT2D eigenvalue weighted by Crippen LogP contribution is -2.70. The van der Waals surface area contributed by atoms with Gasteiger partial charge >= 0.3 is 0 Å². The van der Waals surface area contributed by atoms with Crippen molar-refractivity contribution in [2.45, 2.75) is 57.0 Å². The van der Waals surface area contributed by atoms with E-state index in [2.05, 4.69) is 11.9 Å². The maximum atomic E-state index is 13.0. The van der Waals surface area contributed by atoms with Gasteiger partial charge in [0.2, 0.25) is 11.8 Å². The lowest BCUT2D eigenvalue weighted by atomic mass is 9.78. The number of nitrogens with one attached hydrogen (secondary N) is 1. The second-order valence-corrected chi connectivity index (χ2v) is 7.07. The molecule has 1 N–H and O–H groups in total. The maximum absolute atomic E-state index is 13.0. The van der Waals surface area contributed by atoms with Gasteiger partial charge < -0.3 is 10.2 Å². The number of carbonyl (C=O) groups excluding carboxylic acids is 2. The van der Waals surface area contributed by atoms with Crippen LogP contribution in [0.5, 0.6) is 0 Å². The number of hydrogen-bond donors (Lipinski definition) is 1. The molecule has 1 heterocycles. The highest BCUT2D eigenvalue weighted by Crippen LogP contribution is 2.33. The number of thioether (sulfide) groups is 1. The second-order valence-electron chi connectivity index (χ2n) is 5.92. The van der Waals surface area contributed by atoms with E-state index in [1.54, 1.807) is 11.8 Å². The van der Waals surface area contributed by atoms with E-state index in [0.717, 1.165) is 43.6 Å². The Morgan fingerprint density at radius 3 is 2.71 bits per heavy atom. The minimum absolute atomic E-state index is 0.0349. The first-order valence-electron chi connectivity index (χ1n) is 7.96. The molecule has 1 aliphatic heterocycles. The van der Waals surface area contributed by atoms with E-state index in [1.165, 1.54) is 0 Å². The van der Waals surface area contributed by atoms with E-state index in [0.29, 0.717) is 13.0 Å².